The number of nitrogens with one attached hydrogen (secondary N) is 1. The first-order valence-corrected chi connectivity index (χ1v) is 4.46. The van der Waals surface area contributed by atoms with Crippen LogP contribution in [0.1, 0.15) is 37.9 Å². The van der Waals surface area contributed by atoms with Gasteiger partial charge in [-0.3, -0.25) is 5.10 Å². The number of nitrogens with zero attached hydrogens (tertiary/aromatic N) is 2. The van der Waals surface area contributed by atoms with Crippen LogP contribution in [-0.4, -0.2) is 15.2 Å². The van der Waals surface area contributed by atoms with Crippen LogP contribution in [0.4, 0.5) is 0 Å². The molecule has 0 spiro atoms. The maximum atomic E-state index is 6.19. The molecule has 2 rings (SSSR count). The molecule has 12 heavy (non-hydrogen) atoms. The van der Waals surface area contributed by atoms with Crippen LogP contribution in [0.5, 0.6) is 0 Å². The molecule has 1 aliphatic rings. The molecule has 1 aromatic heterocycles. The molecule has 66 valence electrons. The molecule has 0 atom stereocenters. The largest absolute Gasteiger partial charge is 0.319 e. The van der Waals surface area contributed by atoms with Crippen LogP contribution >= 0.6 is 0 Å². The third-order valence-electron chi connectivity index (χ3n) is 2.63. The second-order valence-electron chi connectivity index (χ2n) is 3.55. The third kappa shape index (κ3) is 1.22. The zero-order valence-electron chi connectivity index (χ0n) is 7.08. The molecule has 0 bridgehead atoms. The van der Waals surface area contributed by atoms with Crippen molar-refractivity contribution in [3.63, 3.8) is 0 Å². The van der Waals surface area contributed by atoms with Crippen LogP contribution in [0.2, 0.25) is 0 Å². The number of aromatic nitrogens is 3. The fourth-order valence-electron chi connectivity index (χ4n) is 1.86. The molecule has 1 aromatic rings. The Labute approximate surface area is 71.6 Å². The lowest BCUT2D eigenvalue weighted by Gasteiger charge is -2.30. The van der Waals surface area contributed by atoms with Gasteiger partial charge in [0.2, 0.25) is 0 Å². The van der Waals surface area contributed by atoms with E-state index in [0.717, 1.165) is 18.7 Å². The first-order chi connectivity index (χ1) is 5.81. The van der Waals surface area contributed by atoms with E-state index in [9.17, 15) is 0 Å². The van der Waals surface area contributed by atoms with Crippen LogP contribution in [0.15, 0.2) is 6.33 Å². The van der Waals surface area contributed by atoms with Gasteiger partial charge in [0.1, 0.15) is 12.2 Å². The molecule has 1 fully saturated rings. The highest BCUT2D eigenvalue weighted by Crippen LogP contribution is 2.32. The van der Waals surface area contributed by atoms with Crippen LogP contribution in [-0.2, 0) is 5.54 Å². The Hall–Kier alpha value is -0.900. The molecule has 1 aliphatic carbocycles. The summed E-state index contributed by atoms with van der Waals surface area (Å²) >= 11 is 0. The number of H-pyrrole nitrogens is 1. The highest BCUT2D eigenvalue weighted by molar-refractivity contribution is 5.03. The quantitative estimate of drug-likeness (QED) is 0.652. The fourth-order valence-corrected chi connectivity index (χ4v) is 1.86. The number of hydrogen-bond acceptors (Lipinski definition) is 3. The van der Waals surface area contributed by atoms with Gasteiger partial charge in [-0.05, 0) is 12.8 Å². The Kier molecular flexibility index (Phi) is 1.84. The first-order valence-electron chi connectivity index (χ1n) is 4.46. The average molecular weight is 166 g/mol. The van der Waals surface area contributed by atoms with E-state index in [1.807, 2.05) is 0 Å². The summed E-state index contributed by atoms with van der Waals surface area (Å²) in [5, 5.41) is 6.69. The second-order valence-corrected chi connectivity index (χ2v) is 3.55. The number of rotatable bonds is 1. The molecular weight excluding hydrogens is 152 g/mol. The SMILES string of the molecule is NC1(c2ncn[nH]2)CCCCC1. The average Bonchev–Trinajstić information content (AvgIpc) is 2.58. The number of aromatic amines is 1. The summed E-state index contributed by atoms with van der Waals surface area (Å²) in [6, 6.07) is 0. The molecule has 0 amide bonds. The highest BCUT2D eigenvalue weighted by Gasteiger charge is 2.31. The van der Waals surface area contributed by atoms with Crippen molar-refractivity contribution in [3.05, 3.63) is 12.2 Å². The van der Waals surface area contributed by atoms with E-state index in [1.54, 1.807) is 0 Å². The van der Waals surface area contributed by atoms with Gasteiger partial charge in [0.05, 0.1) is 5.54 Å². The van der Waals surface area contributed by atoms with Crippen LogP contribution < -0.4 is 5.73 Å². The lowest BCUT2D eigenvalue weighted by molar-refractivity contribution is 0.288. The maximum absolute atomic E-state index is 6.19. The molecule has 0 aliphatic heterocycles. The van der Waals surface area contributed by atoms with Crippen molar-refractivity contribution >= 4 is 0 Å². The van der Waals surface area contributed by atoms with Crippen molar-refractivity contribution in [2.45, 2.75) is 37.6 Å². The molecule has 4 heteroatoms. The molecule has 0 saturated heterocycles. The minimum absolute atomic E-state index is 0.227. The second kappa shape index (κ2) is 2.86. The van der Waals surface area contributed by atoms with E-state index in [2.05, 4.69) is 15.2 Å². The predicted molar refractivity (Wildman–Crippen MR) is 45.3 cm³/mol. The van der Waals surface area contributed by atoms with E-state index >= 15 is 0 Å². The van der Waals surface area contributed by atoms with Crippen LogP contribution in [0.3, 0.4) is 0 Å². The minimum atomic E-state index is -0.227. The zero-order valence-corrected chi connectivity index (χ0v) is 7.08. The molecular formula is C8H14N4. The third-order valence-corrected chi connectivity index (χ3v) is 2.63. The molecule has 1 saturated carbocycles. The summed E-state index contributed by atoms with van der Waals surface area (Å²) in [7, 11) is 0. The van der Waals surface area contributed by atoms with E-state index < -0.39 is 0 Å². The van der Waals surface area contributed by atoms with Gasteiger partial charge in [0, 0.05) is 0 Å². The lowest BCUT2D eigenvalue weighted by Crippen LogP contribution is -2.39. The van der Waals surface area contributed by atoms with Crippen molar-refractivity contribution in [1.29, 1.82) is 0 Å². The van der Waals surface area contributed by atoms with Crippen molar-refractivity contribution < 1.29 is 0 Å². The summed E-state index contributed by atoms with van der Waals surface area (Å²) in [5.74, 6) is 0.849. The Bertz CT molecular complexity index is 236. The number of hydrogen-bond donors (Lipinski definition) is 2. The van der Waals surface area contributed by atoms with Crippen molar-refractivity contribution in [1.82, 2.24) is 15.2 Å². The van der Waals surface area contributed by atoms with Gasteiger partial charge in [-0.15, -0.1) is 0 Å². The number of nitrogens with two attached hydrogens (primary N) is 1. The van der Waals surface area contributed by atoms with Gasteiger partial charge in [-0.25, -0.2) is 4.98 Å². The van der Waals surface area contributed by atoms with Gasteiger partial charge in [-0.2, -0.15) is 5.10 Å². The summed E-state index contributed by atoms with van der Waals surface area (Å²) in [5.41, 5.74) is 5.96. The topological polar surface area (TPSA) is 67.6 Å². The first kappa shape index (κ1) is 7.73. The molecule has 4 nitrogen and oxygen atoms in total. The normalized spacial score (nSPS) is 22.4. The summed E-state index contributed by atoms with van der Waals surface area (Å²) in [4.78, 5) is 4.12. The lowest BCUT2D eigenvalue weighted by atomic mass is 9.82. The monoisotopic (exact) mass is 166 g/mol. The standard InChI is InChI=1S/C8H14N4/c9-8(4-2-1-3-5-8)7-10-6-11-12-7/h6H,1-5,9H2,(H,10,11,12). The van der Waals surface area contributed by atoms with E-state index in [4.69, 9.17) is 5.73 Å². The van der Waals surface area contributed by atoms with Gasteiger partial charge in [-0.1, -0.05) is 19.3 Å². The minimum Gasteiger partial charge on any atom is -0.319 e. The Morgan fingerprint density at radius 3 is 2.67 bits per heavy atom. The Morgan fingerprint density at radius 1 is 1.33 bits per heavy atom. The van der Waals surface area contributed by atoms with Crippen LogP contribution in [0.25, 0.3) is 0 Å². The molecule has 0 aromatic carbocycles. The van der Waals surface area contributed by atoms with E-state index in [1.165, 1.54) is 25.6 Å². The Balaban J connectivity index is 2.19. The molecule has 1 heterocycles. The zero-order chi connectivity index (χ0) is 8.44. The Morgan fingerprint density at radius 2 is 2.08 bits per heavy atom. The summed E-state index contributed by atoms with van der Waals surface area (Å²) < 4.78 is 0. The van der Waals surface area contributed by atoms with Crippen molar-refractivity contribution in [2.75, 3.05) is 0 Å². The molecule has 0 unspecified atom stereocenters. The fraction of sp³-hybridized carbons (Fsp3) is 0.750. The summed E-state index contributed by atoms with van der Waals surface area (Å²) in [6.45, 7) is 0. The van der Waals surface area contributed by atoms with Crippen LogP contribution in [0, 0.1) is 0 Å². The van der Waals surface area contributed by atoms with E-state index in [0.29, 0.717) is 0 Å². The summed E-state index contributed by atoms with van der Waals surface area (Å²) in [6.07, 6.45) is 7.30. The van der Waals surface area contributed by atoms with Gasteiger partial charge in [0.15, 0.2) is 0 Å². The molecule has 0 radical (unpaired) electrons. The van der Waals surface area contributed by atoms with Gasteiger partial charge in [0.25, 0.3) is 0 Å². The maximum Gasteiger partial charge on any atom is 0.144 e. The van der Waals surface area contributed by atoms with Crippen molar-refractivity contribution in [2.24, 2.45) is 5.73 Å². The van der Waals surface area contributed by atoms with Gasteiger partial charge >= 0.3 is 0 Å². The van der Waals surface area contributed by atoms with E-state index in [-0.39, 0.29) is 5.54 Å². The van der Waals surface area contributed by atoms with Crippen molar-refractivity contribution in [3.8, 4) is 0 Å². The molecule has 3 N–H and O–H groups in total. The smallest absolute Gasteiger partial charge is 0.144 e. The highest BCUT2D eigenvalue weighted by atomic mass is 15.2. The van der Waals surface area contributed by atoms with Gasteiger partial charge < -0.3 is 5.73 Å². The predicted octanol–water partition coefficient (Wildman–Crippen LogP) is 0.923.